The van der Waals surface area contributed by atoms with Crippen LogP contribution in [0.1, 0.15) is 18.1 Å². The van der Waals surface area contributed by atoms with E-state index in [0.29, 0.717) is 39.9 Å². The molecule has 4 rings (SSSR count). The molecule has 1 heterocycles. The summed E-state index contributed by atoms with van der Waals surface area (Å²) in [6.45, 7) is 4.20. The van der Waals surface area contributed by atoms with Gasteiger partial charge in [0.15, 0.2) is 0 Å². The van der Waals surface area contributed by atoms with Crippen LogP contribution in [0.5, 0.6) is 5.75 Å². The molecule has 0 spiro atoms. The Hall–Kier alpha value is -3.57. The van der Waals surface area contributed by atoms with E-state index in [1.807, 2.05) is 68.4 Å². The Kier molecular flexibility index (Phi) is 5.78. The van der Waals surface area contributed by atoms with Gasteiger partial charge in [-0.25, -0.2) is 4.90 Å². The van der Waals surface area contributed by atoms with E-state index in [-0.39, 0.29) is 5.70 Å². The van der Waals surface area contributed by atoms with Crippen LogP contribution in [0.25, 0.3) is 5.57 Å². The monoisotopic (exact) mass is 432 g/mol. The highest BCUT2D eigenvalue weighted by Crippen LogP contribution is 2.37. The quantitative estimate of drug-likeness (QED) is 0.526. The van der Waals surface area contributed by atoms with Crippen molar-refractivity contribution in [2.24, 2.45) is 0 Å². The van der Waals surface area contributed by atoms with Gasteiger partial charge in [0.05, 0.1) is 23.6 Å². The lowest BCUT2D eigenvalue weighted by atomic mass is 10.0. The molecule has 0 saturated carbocycles. The minimum absolute atomic E-state index is 0.197. The number of amides is 2. The SMILES string of the molecule is CCOc1ccccc1NC1=C(c2ccccc2)C(=O)N(c2cc(Cl)ccc2C)C1=O. The Labute approximate surface area is 185 Å². The molecule has 0 saturated heterocycles. The molecule has 3 aromatic carbocycles. The van der Waals surface area contributed by atoms with Gasteiger partial charge in [0.25, 0.3) is 11.8 Å². The van der Waals surface area contributed by atoms with Crippen molar-refractivity contribution in [1.29, 1.82) is 0 Å². The molecule has 0 aliphatic carbocycles. The first-order valence-electron chi connectivity index (χ1n) is 9.94. The molecule has 1 N–H and O–H groups in total. The van der Waals surface area contributed by atoms with Crippen LogP contribution in [0.4, 0.5) is 11.4 Å². The molecule has 5 nitrogen and oxygen atoms in total. The Morgan fingerprint density at radius 3 is 2.39 bits per heavy atom. The molecule has 156 valence electrons. The summed E-state index contributed by atoms with van der Waals surface area (Å²) < 4.78 is 5.68. The van der Waals surface area contributed by atoms with Gasteiger partial charge in [-0.05, 0) is 49.2 Å². The number of ether oxygens (including phenoxy) is 1. The van der Waals surface area contributed by atoms with Crippen LogP contribution in [-0.4, -0.2) is 18.4 Å². The summed E-state index contributed by atoms with van der Waals surface area (Å²) in [4.78, 5) is 28.2. The minimum atomic E-state index is -0.444. The van der Waals surface area contributed by atoms with E-state index < -0.39 is 11.8 Å². The number of carbonyl (C=O) groups is 2. The summed E-state index contributed by atoms with van der Waals surface area (Å²) in [5.74, 6) is -0.249. The van der Waals surface area contributed by atoms with E-state index in [4.69, 9.17) is 16.3 Å². The second-order valence-electron chi connectivity index (χ2n) is 7.05. The third kappa shape index (κ3) is 3.92. The van der Waals surface area contributed by atoms with Crippen LogP contribution < -0.4 is 15.0 Å². The van der Waals surface area contributed by atoms with E-state index in [0.717, 1.165) is 5.56 Å². The number of carbonyl (C=O) groups excluding carboxylic acids is 2. The predicted octanol–water partition coefficient (Wildman–Crippen LogP) is 5.44. The molecular weight excluding hydrogens is 412 g/mol. The third-order valence-corrected chi connectivity index (χ3v) is 5.24. The zero-order valence-electron chi connectivity index (χ0n) is 17.2. The molecule has 6 heteroatoms. The fourth-order valence-corrected chi connectivity index (χ4v) is 3.71. The molecule has 0 radical (unpaired) electrons. The van der Waals surface area contributed by atoms with Crippen molar-refractivity contribution in [1.82, 2.24) is 0 Å². The first-order chi connectivity index (χ1) is 15.0. The van der Waals surface area contributed by atoms with Gasteiger partial charge in [0.1, 0.15) is 11.4 Å². The number of hydrogen-bond acceptors (Lipinski definition) is 4. The Morgan fingerprint density at radius 1 is 0.935 bits per heavy atom. The molecule has 31 heavy (non-hydrogen) atoms. The van der Waals surface area contributed by atoms with Crippen molar-refractivity contribution in [2.45, 2.75) is 13.8 Å². The van der Waals surface area contributed by atoms with Crippen molar-refractivity contribution in [3.05, 3.63) is 94.6 Å². The molecule has 0 atom stereocenters. The van der Waals surface area contributed by atoms with Crippen LogP contribution in [-0.2, 0) is 9.59 Å². The first kappa shape index (κ1) is 20.7. The molecule has 1 aliphatic heterocycles. The van der Waals surface area contributed by atoms with Crippen LogP contribution in [0.15, 0.2) is 78.5 Å². The van der Waals surface area contributed by atoms with Crippen LogP contribution in [0.2, 0.25) is 5.02 Å². The van der Waals surface area contributed by atoms with E-state index >= 15 is 0 Å². The second-order valence-corrected chi connectivity index (χ2v) is 7.48. The molecule has 2 amide bonds. The lowest BCUT2D eigenvalue weighted by Crippen LogP contribution is -2.33. The van der Waals surface area contributed by atoms with Crippen LogP contribution >= 0.6 is 11.6 Å². The zero-order chi connectivity index (χ0) is 22.0. The Balaban J connectivity index is 1.85. The lowest BCUT2D eigenvalue weighted by Gasteiger charge is -2.18. The highest BCUT2D eigenvalue weighted by molar-refractivity contribution is 6.46. The van der Waals surface area contributed by atoms with Gasteiger partial charge in [-0.2, -0.15) is 0 Å². The number of aryl methyl sites for hydroxylation is 1. The van der Waals surface area contributed by atoms with Crippen molar-refractivity contribution in [3.63, 3.8) is 0 Å². The zero-order valence-corrected chi connectivity index (χ0v) is 17.9. The molecule has 1 aliphatic rings. The number of halogens is 1. The van der Waals surface area contributed by atoms with Crippen molar-refractivity contribution in [2.75, 3.05) is 16.8 Å². The summed E-state index contributed by atoms with van der Waals surface area (Å²) in [6, 6.07) is 21.6. The number of benzene rings is 3. The molecule has 0 unspecified atom stereocenters. The highest BCUT2D eigenvalue weighted by Gasteiger charge is 2.41. The molecule has 0 aromatic heterocycles. The molecular formula is C25H21ClN2O3. The van der Waals surface area contributed by atoms with Gasteiger partial charge in [0.2, 0.25) is 0 Å². The number of nitrogens with one attached hydrogen (secondary N) is 1. The number of para-hydroxylation sites is 2. The minimum Gasteiger partial charge on any atom is -0.492 e. The average Bonchev–Trinajstić information content (AvgIpc) is 3.01. The topological polar surface area (TPSA) is 58.6 Å². The molecule has 3 aromatic rings. The van der Waals surface area contributed by atoms with Crippen LogP contribution in [0.3, 0.4) is 0 Å². The average molecular weight is 433 g/mol. The van der Waals surface area contributed by atoms with Crippen molar-refractivity contribution in [3.8, 4) is 5.75 Å². The number of rotatable bonds is 6. The number of imide groups is 1. The summed E-state index contributed by atoms with van der Waals surface area (Å²) in [6.07, 6.45) is 0. The van der Waals surface area contributed by atoms with Gasteiger partial charge in [-0.15, -0.1) is 0 Å². The van der Waals surface area contributed by atoms with Gasteiger partial charge in [0, 0.05) is 5.02 Å². The van der Waals surface area contributed by atoms with Crippen LogP contribution in [0, 0.1) is 6.92 Å². The largest absolute Gasteiger partial charge is 0.492 e. The maximum Gasteiger partial charge on any atom is 0.282 e. The molecule has 0 bridgehead atoms. The summed E-state index contributed by atoms with van der Waals surface area (Å²) in [5.41, 5.74) is 3.00. The fourth-order valence-electron chi connectivity index (χ4n) is 3.55. The Bertz CT molecular complexity index is 1190. The first-order valence-corrected chi connectivity index (χ1v) is 10.3. The predicted molar refractivity (Wildman–Crippen MR) is 123 cm³/mol. The third-order valence-electron chi connectivity index (χ3n) is 5.01. The van der Waals surface area contributed by atoms with Crippen molar-refractivity contribution < 1.29 is 14.3 Å². The van der Waals surface area contributed by atoms with E-state index in [1.165, 1.54) is 4.90 Å². The summed E-state index contributed by atoms with van der Waals surface area (Å²) >= 11 is 6.17. The standard InChI is InChI=1S/C25H21ClN2O3/c1-3-31-21-12-8-7-11-19(21)27-23-22(17-9-5-4-6-10-17)24(29)28(25(23)30)20-15-18(26)14-13-16(20)2/h4-15,27H,3H2,1-2H3. The van der Waals surface area contributed by atoms with E-state index in [2.05, 4.69) is 5.32 Å². The Morgan fingerprint density at radius 2 is 1.65 bits per heavy atom. The van der Waals surface area contributed by atoms with Gasteiger partial charge < -0.3 is 10.1 Å². The number of nitrogens with zero attached hydrogens (tertiary/aromatic N) is 1. The van der Waals surface area contributed by atoms with Gasteiger partial charge in [-0.1, -0.05) is 60.1 Å². The smallest absolute Gasteiger partial charge is 0.282 e. The highest BCUT2D eigenvalue weighted by atomic mass is 35.5. The van der Waals surface area contributed by atoms with E-state index in [9.17, 15) is 9.59 Å². The second kappa shape index (κ2) is 8.66. The number of hydrogen-bond donors (Lipinski definition) is 1. The molecule has 0 fully saturated rings. The van der Waals surface area contributed by atoms with Gasteiger partial charge >= 0.3 is 0 Å². The maximum absolute atomic E-state index is 13.5. The summed E-state index contributed by atoms with van der Waals surface area (Å²) in [5, 5.41) is 3.62. The summed E-state index contributed by atoms with van der Waals surface area (Å²) in [7, 11) is 0. The maximum atomic E-state index is 13.5. The number of anilines is 2. The normalized spacial score (nSPS) is 13.7. The lowest BCUT2D eigenvalue weighted by molar-refractivity contribution is -0.120. The fraction of sp³-hybridized carbons (Fsp3) is 0.120. The van der Waals surface area contributed by atoms with Crippen molar-refractivity contribution >= 4 is 40.4 Å². The van der Waals surface area contributed by atoms with Gasteiger partial charge in [-0.3, -0.25) is 9.59 Å². The van der Waals surface area contributed by atoms with E-state index in [1.54, 1.807) is 18.2 Å².